The highest BCUT2D eigenvalue weighted by Gasteiger charge is 2.27. The van der Waals surface area contributed by atoms with Gasteiger partial charge in [0.1, 0.15) is 0 Å². The van der Waals surface area contributed by atoms with Crippen molar-refractivity contribution in [1.29, 1.82) is 0 Å². The van der Waals surface area contributed by atoms with Crippen LogP contribution in [0.15, 0.2) is 12.1 Å². The van der Waals surface area contributed by atoms with E-state index in [1.54, 1.807) is 0 Å². The van der Waals surface area contributed by atoms with Crippen LogP contribution in [0.2, 0.25) is 5.02 Å². The molecule has 0 atom stereocenters. The Morgan fingerprint density at radius 2 is 2.04 bits per heavy atom. The predicted octanol–water partition coefficient (Wildman–Crippen LogP) is 3.13. The fourth-order valence-corrected chi connectivity index (χ4v) is 1.89. The van der Waals surface area contributed by atoms with Gasteiger partial charge in [-0.1, -0.05) is 25.4 Å². The van der Waals surface area contributed by atoms with E-state index in [1.807, 2.05) is 13.8 Å². The minimum absolute atomic E-state index is 0. The summed E-state index contributed by atoms with van der Waals surface area (Å²) in [5, 5.41) is 2.28. The first-order chi connectivity index (χ1) is 10.7. The van der Waals surface area contributed by atoms with Gasteiger partial charge in [-0.2, -0.15) is 0 Å². The number of rotatable bonds is 8. The lowest BCUT2D eigenvalue weighted by Gasteiger charge is -2.17. The van der Waals surface area contributed by atoms with Gasteiger partial charge in [-0.3, -0.25) is 4.79 Å². The van der Waals surface area contributed by atoms with E-state index in [1.165, 1.54) is 19.2 Å². The van der Waals surface area contributed by atoms with Crippen LogP contribution in [0.4, 0.5) is 8.78 Å². The molecule has 0 bridgehead atoms. The molecule has 1 aromatic carbocycles. The van der Waals surface area contributed by atoms with Gasteiger partial charge < -0.3 is 20.5 Å². The van der Waals surface area contributed by atoms with Crippen LogP contribution in [0, 0.1) is 5.92 Å². The van der Waals surface area contributed by atoms with Crippen molar-refractivity contribution >= 4 is 29.9 Å². The standard InChI is InChI=1S/C15H21ClF2N2O3.ClH/c1-9(2)6-23-13-11(16)4-10(5-12(13)22-3)14(21)20-8-15(17,18)7-19;/h4-5,9H,6-8,19H2,1-3H3,(H,20,21);1H. The van der Waals surface area contributed by atoms with Crippen molar-refractivity contribution in [3.63, 3.8) is 0 Å². The van der Waals surface area contributed by atoms with Gasteiger partial charge in [0.2, 0.25) is 0 Å². The smallest absolute Gasteiger partial charge is 0.277 e. The Balaban J connectivity index is 0.00000529. The number of benzene rings is 1. The van der Waals surface area contributed by atoms with Crippen LogP contribution >= 0.6 is 24.0 Å². The first-order valence-corrected chi connectivity index (χ1v) is 7.44. The maximum absolute atomic E-state index is 13.1. The lowest BCUT2D eigenvalue weighted by atomic mass is 10.1. The zero-order chi connectivity index (χ0) is 17.6. The van der Waals surface area contributed by atoms with E-state index in [-0.39, 0.29) is 34.7 Å². The van der Waals surface area contributed by atoms with Crippen molar-refractivity contribution in [1.82, 2.24) is 5.32 Å². The molecule has 0 unspecified atom stereocenters. The Bertz CT molecular complexity index is 558. The highest BCUT2D eigenvalue weighted by atomic mass is 35.5. The molecule has 3 N–H and O–H groups in total. The van der Waals surface area contributed by atoms with Gasteiger partial charge in [-0.15, -0.1) is 12.4 Å². The molecule has 9 heteroatoms. The molecule has 24 heavy (non-hydrogen) atoms. The van der Waals surface area contributed by atoms with E-state index >= 15 is 0 Å². The fraction of sp³-hybridized carbons (Fsp3) is 0.533. The molecule has 138 valence electrons. The average molecular weight is 387 g/mol. The van der Waals surface area contributed by atoms with Gasteiger partial charge in [0.25, 0.3) is 11.8 Å². The summed E-state index contributed by atoms with van der Waals surface area (Å²) < 4.78 is 36.9. The van der Waals surface area contributed by atoms with Crippen molar-refractivity contribution in [3.05, 3.63) is 22.7 Å². The Labute approximate surface area is 151 Å². The molecule has 0 heterocycles. The minimum Gasteiger partial charge on any atom is -0.493 e. The van der Waals surface area contributed by atoms with E-state index < -0.39 is 24.9 Å². The molecule has 1 amide bonds. The molecule has 0 spiro atoms. The molecular formula is C15H22Cl2F2N2O3. The second-order valence-corrected chi connectivity index (χ2v) is 5.84. The molecule has 1 rings (SSSR count). The lowest BCUT2D eigenvalue weighted by Crippen LogP contribution is -2.41. The number of carbonyl (C=O) groups is 1. The van der Waals surface area contributed by atoms with Gasteiger partial charge in [-0.05, 0) is 18.1 Å². The number of alkyl halides is 2. The molecule has 0 saturated heterocycles. The first kappa shape index (κ1) is 22.7. The van der Waals surface area contributed by atoms with Crippen molar-refractivity contribution in [2.24, 2.45) is 11.7 Å². The lowest BCUT2D eigenvalue weighted by molar-refractivity contribution is 0.0118. The molecule has 0 saturated carbocycles. The molecular weight excluding hydrogens is 365 g/mol. The summed E-state index contributed by atoms with van der Waals surface area (Å²) in [5.74, 6) is -3.02. The number of halogens is 4. The molecule has 0 aliphatic heterocycles. The maximum Gasteiger partial charge on any atom is 0.277 e. The van der Waals surface area contributed by atoms with Crippen LogP contribution in [0.1, 0.15) is 24.2 Å². The predicted molar refractivity (Wildman–Crippen MR) is 91.9 cm³/mol. The summed E-state index contributed by atoms with van der Waals surface area (Å²) in [6.45, 7) is 2.66. The van der Waals surface area contributed by atoms with Gasteiger partial charge in [0.05, 0.1) is 31.8 Å². The Morgan fingerprint density at radius 3 is 2.54 bits per heavy atom. The SMILES string of the molecule is COc1cc(C(=O)NCC(F)(F)CN)cc(Cl)c1OCC(C)C.Cl. The van der Waals surface area contributed by atoms with Crippen LogP contribution in [0.25, 0.3) is 0 Å². The van der Waals surface area contributed by atoms with Gasteiger partial charge in [-0.25, -0.2) is 8.78 Å². The summed E-state index contributed by atoms with van der Waals surface area (Å²) >= 11 is 6.11. The number of hydrogen-bond acceptors (Lipinski definition) is 4. The highest BCUT2D eigenvalue weighted by molar-refractivity contribution is 6.32. The van der Waals surface area contributed by atoms with Crippen molar-refractivity contribution < 1.29 is 23.0 Å². The molecule has 0 aliphatic rings. The first-order valence-electron chi connectivity index (χ1n) is 7.06. The normalized spacial score (nSPS) is 11.0. The minimum atomic E-state index is -3.16. The van der Waals surface area contributed by atoms with Gasteiger partial charge in [0.15, 0.2) is 11.5 Å². The Kier molecular flexibility index (Phi) is 9.32. The number of nitrogens with one attached hydrogen (secondary N) is 1. The molecule has 5 nitrogen and oxygen atoms in total. The highest BCUT2D eigenvalue weighted by Crippen LogP contribution is 2.36. The van der Waals surface area contributed by atoms with Crippen LogP contribution in [-0.4, -0.2) is 38.6 Å². The quantitative estimate of drug-likeness (QED) is 0.719. The summed E-state index contributed by atoms with van der Waals surface area (Å²) in [6.07, 6.45) is 0. The molecule has 0 fully saturated rings. The van der Waals surface area contributed by atoms with Crippen molar-refractivity contribution in [3.8, 4) is 11.5 Å². The second-order valence-electron chi connectivity index (χ2n) is 5.44. The summed E-state index contributed by atoms with van der Waals surface area (Å²) in [7, 11) is 1.40. The average Bonchev–Trinajstić information content (AvgIpc) is 2.50. The third kappa shape index (κ3) is 6.67. The zero-order valence-electron chi connectivity index (χ0n) is 13.7. The number of ether oxygens (including phenoxy) is 2. The van der Waals surface area contributed by atoms with Gasteiger partial charge in [0, 0.05) is 5.56 Å². The fourth-order valence-electron chi connectivity index (χ4n) is 1.62. The summed E-state index contributed by atoms with van der Waals surface area (Å²) in [6, 6.07) is 2.73. The maximum atomic E-state index is 13.1. The number of carbonyl (C=O) groups excluding carboxylic acids is 1. The van der Waals surface area contributed by atoms with E-state index in [4.69, 9.17) is 26.8 Å². The topological polar surface area (TPSA) is 73.6 Å². The number of amides is 1. The van der Waals surface area contributed by atoms with Crippen LogP contribution in [0.5, 0.6) is 11.5 Å². The Hall–Kier alpha value is -1.31. The number of hydrogen-bond donors (Lipinski definition) is 2. The molecule has 0 aliphatic carbocycles. The zero-order valence-corrected chi connectivity index (χ0v) is 15.3. The van der Waals surface area contributed by atoms with E-state index in [0.717, 1.165) is 0 Å². The summed E-state index contributed by atoms with van der Waals surface area (Å²) in [4.78, 5) is 12.0. The van der Waals surface area contributed by atoms with Gasteiger partial charge >= 0.3 is 0 Å². The van der Waals surface area contributed by atoms with E-state index in [2.05, 4.69) is 5.32 Å². The van der Waals surface area contributed by atoms with Crippen LogP contribution in [0.3, 0.4) is 0 Å². The summed E-state index contributed by atoms with van der Waals surface area (Å²) in [5.41, 5.74) is 5.01. The van der Waals surface area contributed by atoms with Crippen molar-refractivity contribution in [2.75, 3.05) is 26.8 Å². The molecule has 0 radical (unpaired) electrons. The van der Waals surface area contributed by atoms with Crippen LogP contribution in [-0.2, 0) is 0 Å². The number of nitrogens with two attached hydrogens (primary N) is 1. The number of methoxy groups -OCH3 is 1. The van der Waals surface area contributed by atoms with Crippen molar-refractivity contribution in [2.45, 2.75) is 19.8 Å². The Morgan fingerprint density at radius 1 is 1.42 bits per heavy atom. The van der Waals surface area contributed by atoms with E-state index in [9.17, 15) is 13.6 Å². The van der Waals surface area contributed by atoms with E-state index in [0.29, 0.717) is 12.4 Å². The third-order valence-electron chi connectivity index (χ3n) is 2.86. The second kappa shape index (κ2) is 9.86. The largest absolute Gasteiger partial charge is 0.493 e. The van der Waals surface area contributed by atoms with Crippen LogP contribution < -0.4 is 20.5 Å². The third-order valence-corrected chi connectivity index (χ3v) is 3.14. The molecule has 0 aromatic heterocycles. The molecule has 1 aromatic rings. The monoisotopic (exact) mass is 386 g/mol.